The Balaban J connectivity index is 2.66. The third-order valence-electron chi connectivity index (χ3n) is 2.49. The van der Waals surface area contributed by atoms with Crippen molar-refractivity contribution >= 4 is 5.97 Å². The highest BCUT2D eigenvalue weighted by molar-refractivity contribution is 5.77. The fourth-order valence-electron chi connectivity index (χ4n) is 1.61. The monoisotopic (exact) mass is 253 g/mol. The van der Waals surface area contributed by atoms with E-state index in [1.165, 1.54) is 14.2 Å². The van der Waals surface area contributed by atoms with Gasteiger partial charge < -0.3 is 14.6 Å². The molecule has 0 saturated carbocycles. The van der Waals surface area contributed by atoms with Crippen LogP contribution in [0, 0.1) is 0 Å². The van der Waals surface area contributed by atoms with Crippen molar-refractivity contribution in [1.29, 1.82) is 0 Å². The number of aliphatic hydroxyl groups excluding tert-OH is 1. The molecule has 1 rings (SSSR count). The zero-order valence-electron chi connectivity index (χ0n) is 10.6. The Labute approximate surface area is 107 Å². The highest BCUT2D eigenvalue weighted by Crippen LogP contribution is 2.13. The van der Waals surface area contributed by atoms with Crippen LogP contribution < -0.4 is 5.32 Å². The van der Waals surface area contributed by atoms with Crippen LogP contribution in [-0.2, 0) is 14.3 Å². The van der Waals surface area contributed by atoms with Crippen LogP contribution in [0.1, 0.15) is 11.6 Å². The van der Waals surface area contributed by atoms with Crippen molar-refractivity contribution < 1.29 is 19.4 Å². The summed E-state index contributed by atoms with van der Waals surface area (Å²) >= 11 is 0. The maximum atomic E-state index is 11.7. The van der Waals surface area contributed by atoms with Crippen LogP contribution in [-0.4, -0.2) is 44.6 Å². The van der Waals surface area contributed by atoms with E-state index in [1.54, 1.807) is 0 Å². The molecule has 0 fully saturated rings. The van der Waals surface area contributed by atoms with Gasteiger partial charge in [0.2, 0.25) is 0 Å². The van der Waals surface area contributed by atoms with Crippen molar-refractivity contribution in [3.05, 3.63) is 35.9 Å². The number of methoxy groups -OCH3 is 2. The minimum Gasteiger partial charge on any atom is -0.468 e. The molecule has 0 aromatic heterocycles. The van der Waals surface area contributed by atoms with E-state index in [2.05, 4.69) is 5.32 Å². The number of nitrogens with one attached hydrogen (secondary N) is 1. The lowest BCUT2D eigenvalue weighted by Gasteiger charge is -2.18. The second-order valence-electron chi connectivity index (χ2n) is 3.88. The molecule has 1 aromatic rings. The number of hydrogen-bond donors (Lipinski definition) is 2. The van der Waals surface area contributed by atoms with Crippen LogP contribution in [0.4, 0.5) is 0 Å². The number of carbonyl (C=O) groups excluding carboxylic acids is 1. The van der Waals surface area contributed by atoms with Crippen molar-refractivity contribution in [3.8, 4) is 0 Å². The molecular formula is C13H19NO4. The summed E-state index contributed by atoms with van der Waals surface area (Å²) in [5.74, 6) is -0.384. The van der Waals surface area contributed by atoms with E-state index in [9.17, 15) is 9.90 Å². The van der Waals surface area contributed by atoms with Gasteiger partial charge in [-0.1, -0.05) is 30.3 Å². The van der Waals surface area contributed by atoms with E-state index >= 15 is 0 Å². The summed E-state index contributed by atoms with van der Waals surface area (Å²) in [6, 6.07) is 8.64. The van der Waals surface area contributed by atoms with Crippen molar-refractivity contribution in [3.63, 3.8) is 0 Å². The highest BCUT2D eigenvalue weighted by Gasteiger charge is 2.21. The minimum atomic E-state index is -0.661. The second kappa shape index (κ2) is 7.81. The Morgan fingerprint density at radius 2 is 2.00 bits per heavy atom. The standard InChI is InChI=1S/C13H19NO4/c1-17-9-11(15)8-14-12(13(16)18-2)10-6-4-3-5-7-10/h3-7,11-12,14-15H,8-9H2,1-2H3. The first-order valence-electron chi connectivity index (χ1n) is 5.72. The molecule has 0 spiro atoms. The van der Waals surface area contributed by atoms with Gasteiger partial charge in [0.15, 0.2) is 0 Å². The van der Waals surface area contributed by atoms with Gasteiger partial charge in [-0.15, -0.1) is 0 Å². The predicted octanol–water partition coefficient (Wildman–Crippen LogP) is 0.498. The predicted molar refractivity (Wildman–Crippen MR) is 67.1 cm³/mol. The Morgan fingerprint density at radius 3 is 2.56 bits per heavy atom. The molecule has 2 atom stereocenters. The number of rotatable bonds is 7. The van der Waals surface area contributed by atoms with Crippen molar-refractivity contribution in [1.82, 2.24) is 5.32 Å². The van der Waals surface area contributed by atoms with Gasteiger partial charge in [0.05, 0.1) is 19.8 Å². The molecule has 0 bridgehead atoms. The Hall–Kier alpha value is -1.43. The van der Waals surface area contributed by atoms with Crippen molar-refractivity contribution in [2.45, 2.75) is 12.1 Å². The molecule has 0 radical (unpaired) electrons. The van der Waals surface area contributed by atoms with Crippen LogP contribution >= 0.6 is 0 Å². The third kappa shape index (κ3) is 4.44. The Morgan fingerprint density at radius 1 is 1.33 bits per heavy atom. The van der Waals surface area contributed by atoms with Gasteiger partial charge >= 0.3 is 5.97 Å². The van der Waals surface area contributed by atoms with Crippen LogP contribution in [0.15, 0.2) is 30.3 Å². The fourth-order valence-corrected chi connectivity index (χ4v) is 1.61. The summed E-state index contributed by atoms with van der Waals surface area (Å²) in [5, 5.41) is 12.5. The molecule has 1 aromatic carbocycles. The molecule has 2 N–H and O–H groups in total. The summed E-state index contributed by atoms with van der Waals surface area (Å²) < 4.78 is 9.57. The van der Waals surface area contributed by atoms with Crippen LogP contribution in [0.5, 0.6) is 0 Å². The molecule has 0 aliphatic carbocycles. The number of aliphatic hydroxyl groups is 1. The Kier molecular flexibility index (Phi) is 6.35. The first kappa shape index (κ1) is 14.6. The SMILES string of the molecule is COCC(O)CNC(C(=O)OC)c1ccccc1. The van der Waals surface area contributed by atoms with E-state index in [1.807, 2.05) is 30.3 Å². The van der Waals surface area contributed by atoms with Gasteiger partial charge in [-0.2, -0.15) is 0 Å². The third-order valence-corrected chi connectivity index (χ3v) is 2.49. The van der Waals surface area contributed by atoms with Crippen LogP contribution in [0.2, 0.25) is 0 Å². The van der Waals surface area contributed by atoms with E-state index in [-0.39, 0.29) is 19.1 Å². The second-order valence-corrected chi connectivity index (χ2v) is 3.88. The molecule has 5 heteroatoms. The largest absolute Gasteiger partial charge is 0.468 e. The van der Waals surface area contributed by atoms with Gasteiger partial charge in [-0.25, -0.2) is 4.79 Å². The summed E-state index contributed by atoms with van der Waals surface area (Å²) in [6.45, 7) is 0.470. The molecule has 18 heavy (non-hydrogen) atoms. The molecule has 0 heterocycles. The molecule has 0 saturated heterocycles. The molecule has 0 aliphatic heterocycles. The molecule has 100 valence electrons. The quantitative estimate of drug-likeness (QED) is 0.693. The van der Waals surface area contributed by atoms with E-state index < -0.39 is 12.1 Å². The zero-order chi connectivity index (χ0) is 13.4. The molecule has 2 unspecified atom stereocenters. The Bertz CT molecular complexity index is 355. The molecule has 0 amide bonds. The summed E-state index contributed by atoms with van der Waals surface area (Å²) in [5.41, 5.74) is 0.800. The van der Waals surface area contributed by atoms with Gasteiger partial charge in [-0.3, -0.25) is 5.32 Å². The number of carbonyl (C=O) groups is 1. The van der Waals surface area contributed by atoms with Gasteiger partial charge in [-0.05, 0) is 5.56 Å². The maximum absolute atomic E-state index is 11.7. The topological polar surface area (TPSA) is 67.8 Å². The summed E-state index contributed by atoms with van der Waals surface area (Å²) in [6.07, 6.45) is -0.661. The van der Waals surface area contributed by atoms with Crippen LogP contribution in [0.3, 0.4) is 0 Å². The lowest BCUT2D eigenvalue weighted by atomic mass is 10.1. The van der Waals surface area contributed by atoms with Gasteiger partial charge in [0, 0.05) is 13.7 Å². The number of hydrogen-bond acceptors (Lipinski definition) is 5. The van der Waals surface area contributed by atoms with E-state index in [0.717, 1.165) is 5.56 Å². The number of esters is 1. The normalized spacial score (nSPS) is 13.9. The smallest absolute Gasteiger partial charge is 0.327 e. The first-order chi connectivity index (χ1) is 8.69. The van der Waals surface area contributed by atoms with Gasteiger partial charge in [0.1, 0.15) is 6.04 Å². The molecule has 0 aliphatic rings. The number of ether oxygens (including phenoxy) is 2. The van der Waals surface area contributed by atoms with E-state index in [4.69, 9.17) is 9.47 Å². The summed E-state index contributed by atoms with van der Waals surface area (Å²) in [7, 11) is 2.85. The zero-order valence-corrected chi connectivity index (χ0v) is 10.6. The first-order valence-corrected chi connectivity index (χ1v) is 5.72. The summed E-state index contributed by atoms with van der Waals surface area (Å²) in [4.78, 5) is 11.7. The lowest BCUT2D eigenvalue weighted by molar-refractivity contribution is -0.143. The highest BCUT2D eigenvalue weighted by atomic mass is 16.5. The lowest BCUT2D eigenvalue weighted by Crippen LogP contribution is -2.36. The van der Waals surface area contributed by atoms with E-state index in [0.29, 0.717) is 0 Å². The number of benzene rings is 1. The minimum absolute atomic E-state index is 0.218. The van der Waals surface area contributed by atoms with Crippen LogP contribution in [0.25, 0.3) is 0 Å². The van der Waals surface area contributed by atoms with Gasteiger partial charge in [0.25, 0.3) is 0 Å². The molecular weight excluding hydrogens is 234 g/mol. The average molecular weight is 253 g/mol. The molecule has 5 nitrogen and oxygen atoms in total. The average Bonchev–Trinajstić information content (AvgIpc) is 2.40. The fraction of sp³-hybridized carbons (Fsp3) is 0.462. The maximum Gasteiger partial charge on any atom is 0.327 e. The van der Waals surface area contributed by atoms with Crippen molar-refractivity contribution in [2.75, 3.05) is 27.4 Å². The van der Waals surface area contributed by atoms with Crippen molar-refractivity contribution in [2.24, 2.45) is 0 Å².